The first-order valence-electron chi connectivity index (χ1n) is 4.11. The summed E-state index contributed by atoms with van der Waals surface area (Å²) in [5.41, 5.74) is 0. The Balaban J connectivity index is 2.32. The predicted molar refractivity (Wildman–Crippen MR) is 51.8 cm³/mol. The minimum Gasteiger partial charge on any atom is -0.383 e. The molecule has 5 heteroatoms. The first-order chi connectivity index (χ1) is 6.25. The van der Waals surface area contributed by atoms with E-state index in [0.29, 0.717) is 18.3 Å². The molecule has 0 fully saturated rings. The highest BCUT2D eigenvalue weighted by Gasteiger charge is 2.02. The van der Waals surface area contributed by atoms with Crippen LogP contribution in [0.4, 0.5) is 0 Å². The summed E-state index contributed by atoms with van der Waals surface area (Å²) in [6.07, 6.45) is 1.65. The minimum absolute atomic E-state index is 0.656. The van der Waals surface area contributed by atoms with Gasteiger partial charge in [-0.3, -0.25) is 0 Å². The number of ether oxygens (including phenoxy) is 1. The lowest BCUT2D eigenvalue weighted by molar-refractivity contribution is 0.199. The number of imidazole rings is 1. The highest BCUT2D eigenvalue weighted by atomic mass is 35.5. The molecule has 0 radical (unpaired) electrons. The van der Waals surface area contributed by atoms with E-state index in [4.69, 9.17) is 16.3 Å². The van der Waals surface area contributed by atoms with Gasteiger partial charge in [0.15, 0.2) is 0 Å². The number of hydrogen-bond donors (Lipinski definition) is 1. The zero-order chi connectivity index (χ0) is 9.68. The molecule has 0 unspecified atom stereocenters. The molecule has 0 aliphatic rings. The van der Waals surface area contributed by atoms with Crippen LogP contribution in [0.2, 0.25) is 5.15 Å². The van der Waals surface area contributed by atoms with Crippen molar-refractivity contribution in [3.05, 3.63) is 17.2 Å². The molecule has 1 N–H and O–H groups in total. The lowest BCUT2D eigenvalue weighted by atomic mass is 10.5. The fourth-order valence-electron chi connectivity index (χ4n) is 0.963. The quantitative estimate of drug-likeness (QED) is 0.720. The predicted octanol–water partition coefficient (Wildman–Crippen LogP) is 0.809. The second-order valence-electron chi connectivity index (χ2n) is 2.73. The molecule has 1 rings (SSSR count). The number of nitrogens with one attached hydrogen (secondary N) is 1. The van der Waals surface area contributed by atoms with Gasteiger partial charge in [-0.2, -0.15) is 0 Å². The van der Waals surface area contributed by atoms with Crippen LogP contribution >= 0.6 is 11.6 Å². The van der Waals surface area contributed by atoms with Crippen molar-refractivity contribution in [3.63, 3.8) is 0 Å². The van der Waals surface area contributed by atoms with Crippen molar-refractivity contribution in [2.75, 3.05) is 20.3 Å². The zero-order valence-corrected chi connectivity index (χ0v) is 8.64. The Labute approximate surface area is 82.9 Å². The first kappa shape index (κ1) is 10.5. The van der Waals surface area contributed by atoms with E-state index in [1.165, 1.54) is 0 Å². The molecule has 4 nitrogen and oxygen atoms in total. The number of hydrogen-bond acceptors (Lipinski definition) is 3. The number of aromatic nitrogens is 2. The standard InChI is InChI=1S/C8H14ClN3O/c1-12-7(9)5-11-8(12)6-10-3-4-13-2/h5,10H,3-4,6H2,1-2H3. The van der Waals surface area contributed by atoms with E-state index < -0.39 is 0 Å². The van der Waals surface area contributed by atoms with Crippen molar-refractivity contribution in [1.82, 2.24) is 14.9 Å². The average Bonchev–Trinajstić information content (AvgIpc) is 2.43. The van der Waals surface area contributed by atoms with Crippen molar-refractivity contribution >= 4 is 11.6 Å². The molecule has 0 aliphatic heterocycles. The van der Waals surface area contributed by atoms with Crippen molar-refractivity contribution in [3.8, 4) is 0 Å². The molecular weight excluding hydrogens is 190 g/mol. The van der Waals surface area contributed by atoms with Crippen molar-refractivity contribution in [1.29, 1.82) is 0 Å². The summed E-state index contributed by atoms with van der Waals surface area (Å²) < 4.78 is 6.75. The number of methoxy groups -OCH3 is 1. The molecule has 0 atom stereocenters. The average molecular weight is 204 g/mol. The summed E-state index contributed by atoms with van der Waals surface area (Å²) >= 11 is 5.82. The van der Waals surface area contributed by atoms with Gasteiger partial charge in [-0.15, -0.1) is 0 Å². The lowest BCUT2D eigenvalue weighted by Crippen LogP contribution is -2.20. The largest absolute Gasteiger partial charge is 0.383 e. The van der Waals surface area contributed by atoms with Gasteiger partial charge in [0, 0.05) is 20.7 Å². The second-order valence-corrected chi connectivity index (χ2v) is 3.11. The van der Waals surface area contributed by atoms with Crippen molar-refractivity contribution < 1.29 is 4.74 Å². The van der Waals surface area contributed by atoms with Crippen LogP contribution in [0, 0.1) is 0 Å². The molecule has 1 aromatic rings. The Morgan fingerprint density at radius 3 is 3.00 bits per heavy atom. The van der Waals surface area contributed by atoms with E-state index in [2.05, 4.69) is 10.3 Å². The fourth-order valence-corrected chi connectivity index (χ4v) is 1.11. The summed E-state index contributed by atoms with van der Waals surface area (Å²) in [5.74, 6) is 0.932. The first-order valence-corrected chi connectivity index (χ1v) is 4.49. The van der Waals surface area contributed by atoms with Gasteiger partial charge >= 0.3 is 0 Å². The SMILES string of the molecule is COCCNCc1ncc(Cl)n1C. The summed E-state index contributed by atoms with van der Waals surface area (Å²) in [4.78, 5) is 4.14. The molecule has 1 aromatic heterocycles. The van der Waals surface area contributed by atoms with Crippen LogP contribution in [-0.4, -0.2) is 29.8 Å². The normalized spacial score (nSPS) is 10.7. The Kier molecular flexibility index (Phi) is 4.21. The summed E-state index contributed by atoms with van der Waals surface area (Å²) in [6, 6.07) is 0. The van der Waals surface area contributed by atoms with Gasteiger partial charge in [-0.1, -0.05) is 11.6 Å². The maximum absolute atomic E-state index is 5.82. The minimum atomic E-state index is 0.656. The van der Waals surface area contributed by atoms with Crippen molar-refractivity contribution in [2.24, 2.45) is 7.05 Å². The van der Waals surface area contributed by atoms with Gasteiger partial charge in [0.05, 0.1) is 19.3 Å². The molecule has 0 amide bonds. The third kappa shape index (κ3) is 2.99. The molecule has 0 spiro atoms. The van der Waals surface area contributed by atoms with Crippen LogP contribution in [0.15, 0.2) is 6.20 Å². The molecular formula is C8H14ClN3O. The Morgan fingerprint density at radius 1 is 1.69 bits per heavy atom. The molecule has 13 heavy (non-hydrogen) atoms. The van der Waals surface area contributed by atoms with E-state index >= 15 is 0 Å². The molecule has 0 saturated carbocycles. The van der Waals surface area contributed by atoms with Crippen molar-refractivity contribution in [2.45, 2.75) is 6.54 Å². The maximum Gasteiger partial charge on any atom is 0.128 e. The van der Waals surface area contributed by atoms with E-state index in [0.717, 1.165) is 12.4 Å². The number of rotatable bonds is 5. The molecule has 1 heterocycles. The Hall–Kier alpha value is -0.580. The van der Waals surface area contributed by atoms with Crippen LogP contribution in [0.25, 0.3) is 0 Å². The Bertz CT molecular complexity index is 262. The van der Waals surface area contributed by atoms with Crippen LogP contribution < -0.4 is 5.32 Å². The highest BCUT2D eigenvalue weighted by Crippen LogP contribution is 2.08. The zero-order valence-electron chi connectivity index (χ0n) is 7.88. The van der Waals surface area contributed by atoms with E-state index in [-0.39, 0.29) is 0 Å². The number of halogens is 1. The van der Waals surface area contributed by atoms with Crippen LogP contribution in [0.3, 0.4) is 0 Å². The van der Waals surface area contributed by atoms with E-state index in [1.807, 2.05) is 11.6 Å². The van der Waals surface area contributed by atoms with Gasteiger partial charge in [0.1, 0.15) is 11.0 Å². The summed E-state index contributed by atoms with van der Waals surface area (Å²) in [6.45, 7) is 2.24. The molecule has 0 bridgehead atoms. The Morgan fingerprint density at radius 2 is 2.46 bits per heavy atom. The summed E-state index contributed by atoms with van der Waals surface area (Å²) in [5, 5.41) is 3.85. The lowest BCUT2D eigenvalue weighted by Gasteiger charge is -2.04. The number of nitrogens with zero attached hydrogens (tertiary/aromatic N) is 2. The third-order valence-corrected chi connectivity index (χ3v) is 2.14. The van der Waals surface area contributed by atoms with Gasteiger partial charge in [-0.05, 0) is 0 Å². The van der Waals surface area contributed by atoms with Gasteiger partial charge < -0.3 is 14.6 Å². The third-order valence-electron chi connectivity index (χ3n) is 1.79. The summed E-state index contributed by atoms with van der Waals surface area (Å²) in [7, 11) is 3.57. The van der Waals surface area contributed by atoms with E-state index in [9.17, 15) is 0 Å². The molecule has 74 valence electrons. The highest BCUT2D eigenvalue weighted by molar-refractivity contribution is 6.29. The maximum atomic E-state index is 5.82. The van der Waals surface area contributed by atoms with Crippen LogP contribution in [0.1, 0.15) is 5.82 Å². The van der Waals surface area contributed by atoms with Crippen LogP contribution in [0.5, 0.6) is 0 Å². The van der Waals surface area contributed by atoms with Gasteiger partial charge in [0.25, 0.3) is 0 Å². The van der Waals surface area contributed by atoms with Gasteiger partial charge in [-0.25, -0.2) is 4.98 Å². The molecule has 0 saturated heterocycles. The topological polar surface area (TPSA) is 39.1 Å². The van der Waals surface area contributed by atoms with E-state index in [1.54, 1.807) is 13.3 Å². The fraction of sp³-hybridized carbons (Fsp3) is 0.625. The van der Waals surface area contributed by atoms with Crippen LogP contribution in [-0.2, 0) is 18.3 Å². The second kappa shape index (κ2) is 5.21. The molecule has 0 aliphatic carbocycles. The monoisotopic (exact) mass is 203 g/mol. The van der Waals surface area contributed by atoms with Gasteiger partial charge in [0.2, 0.25) is 0 Å². The molecule has 0 aromatic carbocycles. The smallest absolute Gasteiger partial charge is 0.128 e.